The lowest BCUT2D eigenvalue weighted by Crippen LogP contribution is -2.24. The molecule has 184 valence electrons. The van der Waals surface area contributed by atoms with Gasteiger partial charge in [0, 0.05) is 27.9 Å². The molecule has 0 unspecified atom stereocenters. The van der Waals surface area contributed by atoms with Gasteiger partial charge in [0.15, 0.2) is 0 Å². The molecule has 6 heteroatoms. The second-order valence-corrected chi connectivity index (χ2v) is 11.1. The molecule has 0 amide bonds. The van der Waals surface area contributed by atoms with E-state index in [-0.39, 0.29) is 11.8 Å². The molecule has 0 aliphatic heterocycles. The minimum atomic E-state index is -0.664. The van der Waals surface area contributed by atoms with Gasteiger partial charge in [-0.05, 0) is 91.6 Å². The Balaban J connectivity index is 1.46. The Morgan fingerprint density at radius 2 is 1.36 bits per heavy atom. The number of fused-ring (bicyclic) bond motifs is 1. The molecule has 1 heterocycles. The quantitative estimate of drug-likeness (QED) is 0.261. The van der Waals surface area contributed by atoms with Crippen molar-refractivity contribution in [1.29, 1.82) is 0 Å². The predicted molar refractivity (Wildman–Crippen MR) is 144 cm³/mol. The molecule has 0 atom stereocenters. The number of benzene rings is 3. The highest BCUT2D eigenvalue weighted by atomic mass is 35.5. The summed E-state index contributed by atoms with van der Waals surface area (Å²) in [6.45, 7) is 0. The maximum Gasteiger partial charge on any atom is 0.306 e. The van der Waals surface area contributed by atoms with E-state index in [1.165, 1.54) is 24.2 Å². The summed E-state index contributed by atoms with van der Waals surface area (Å²) in [6.07, 6.45) is 5.56. The lowest BCUT2D eigenvalue weighted by atomic mass is 9.84. The fraction of sp³-hybridized carbons (Fsp3) is 0.333. The van der Waals surface area contributed by atoms with Crippen LogP contribution < -0.4 is 0 Å². The summed E-state index contributed by atoms with van der Waals surface area (Å²) in [5.74, 6) is 0.828. The molecule has 36 heavy (non-hydrogen) atoms. The number of halogens is 2. The molecular weight excluding hydrogens is 491 g/mol. The van der Waals surface area contributed by atoms with Crippen LogP contribution in [0.15, 0.2) is 66.7 Å². The van der Waals surface area contributed by atoms with Crippen molar-refractivity contribution in [3.63, 3.8) is 0 Å². The zero-order valence-corrected chi connectivity index (χ0v) is 21.4. The minimum Gasteiger partial charge on any atom is -0.481 e. The molecule has 0 radical (unpaired) electrons. The maximum atomic E-state index is 11.5. The van der Waals surface area contributed by atoms with E-state index in [9.17, 15) is 9.90 Å². The second kappa shape index (κ2) is 9.57. The van der Waals surface area contributed by atoms with Crippen LogP contribution in [0.2, 0.25) is 10.0 Å². The average molecular weight is 519 g/mol. The van der Waals surface area contributed by atoms with Crippen LogP contribution in [0.3, 0.4) is 0 Å². The molecule has 6 rings (SSSR count). The van der Waals surface area contributed by atoms with E-state index in [1.807, 2.05) is 24.3 Å². The summed E-state index contributed by atoms with van der Waals surface area (Å²) in [7, 11) is 0. The van der Waals surface area contributed by atoms with Gasteiger partial charge in [-0.25, -0.2) is 4.98 Å². The summed E-state index contributed by atoms with van der Waals surface area (Å²) < 4.78 is 2.45. The minimum absolute atomic E-state index is 0.0272. The Kier molecular flexibility index (Phi) is 6.27. The van der Waals surface area contributed by atoms with Crippen LogP contribution in [0.1, 0.15) is 78.9 Å². The van der Waals surface area contributed by atoms with E-state index in [4.69, 9.17) is 28.2 Å². The van der Waals surface area contributed by atoms with Crippen LogP contribution in [0.5, 0.6) is 0 Å². The smallest absolute Gasteiger partial charge is 0.306 e. The number of rotatable bonds is 6. The molecule has 4 nitrogen and oxygen atoms in total. The molecule has 0 spiro atoms. The third kappa shape index (κ3) is 4.53. The van der Waals surface area contributed by atoms with Gasteiger partial charge in [0.05, 0.1) is 17.0 Å². The summed E-state index contributed by atoms with van der Waals surface area (Å²) in [5.41, 5.74) is 5.69. The number of hydrogen-bond acceptors (Lipinski definition) is 2. The first-order valence-electron chi connectivity index (χ1n) is 12.7. The SMILES string of the molecule is O=C(O)C1CCC(n2c(C3CC3)nc3ccc(C(c4ccc(Cl)cc4)c4ccc(Cl)cc4)cc32)CC1. The predicted octanol–water partition coefficient (Wildman–Crippen LogP) is 8.22. The van der Waals surface area contributed by atoms with Crippen LogP contribution in [-0.4, -0.2) is 20.6 Å². The van der Waals surface area contributed by atoms with Crippen molar-refractivity contribution < 1.29 is 9.90 Å². The van der Waals surface area contributed by atoms with Gasteiger partial charge >= 0.3 is 5.97 Å². The Morgan fingerprint density at radius 3 is 1.89 bits per heavy atom. The largest absolute Gasteiger partial charge is 0.481 e. The van der Waals surface area contributed by atoms with Gasteiger partial charge in [0.2, 0.25) is 0 Å². The van der Waals surface area contributed by atoms with Crippen molar-refractivity contribution >= 4 is 40.2 Å². The Labute approximate surface area is 220 Å². The number of nitrogens with zero attached hydrogens (tertiary/aromatic N) is 2. The molecule has 0 saturated heterocycles. The third-order valence-electron chi connectivity index (χ3n) is 7.83. The van der Waals surface area contributed by atoms with Crippen molar-refractivity contribution in [3.8, 4) is 0 Å². The fourth-order valence-electron chi connectivity index (χ4n) is 5.79. The lowest BCUT2D eigenvalue weighted by Gasteiger charge is -2.29. The molecule has 1 N–H and O–H groups in total. The number of carboxylic acids is 1. The van der Waals surface area contributed by atoms with Crippen LogP contribution in [0, 0.1) is 5.92 Å². The first-order chi connectivity index (χ1) is 17.5. The highest BCUT2D eigenvalue weighted by Gasteiger charge is 2.34. The molecule has 2 fully saturated rings. The second-order valence-electron chi connectivity index (χ2n) is 10.2. The molecular formula is C30H28Cl2N2O2. The number of carbonyl (C=O) groups is 1. The van der Waals surface area contributed by atoms with Crippen molar-refractivity contribution in [3.05, 3.63) is 99.3 Å². The first kappa shape index (κ1) is 23.6. The van der Waals surface area contributed by atoms with Gasteiger partial charge in [0.25, 0.3) is 0 Å². The maximum absolute atomic E-state index is 11.5. The zero-order valence-electron chi connectivity index (χ0n) is 19.9. The standard InChI is InChI=1S/C30H28Cl2N2O2/c31-23-10-3-18(4-11-23)28(19-5-12-24(32)13-6-19)22-9-16-26-27(17-22)34(29(33-26)20-1-2-20)25-14-7-21(8-15-25)30(35)36/h3-6,9-13,16-17,20-21,25,28H,1-2,7-8,14-15H2,(H,35,36). The van der Waals surface area contributed by atoms with E-state index >= 15 is 0 Å². The average Bonchev–Trinajstić information content (AvgIpc) is 3.67. The molecule has 2 saturated carbocycles. The Morgan fingerprint density at radius 1 is 0.806 bits per heavy atom. The fourth-order valence-corrected chi connectivity index (χ4v) is 6.04. The topological polar surface area (TPSA) is 55.1 Å². The van der Waals surface area contributed by atoms with E-state index in [2.05, 4.69) is 47.0 Å². The normalized spacial score (nSPS) is 20.2. The molecule has 3 aromatic carbocycles. The Bertz CT molecular complexity index is 1350. The van der Waals surface area contributed by atoms with Gasteiger partial charge in [-0.2, -0.15) is 0 Å². The van der Waals surface area contributed by atoms with Gasteiger partial charge < -0.3 is 9.67 Å². The molecule has 4 aromatic rings. The van der Waals surface area contributed by atoms with Gasteiger partial charge in [-0.15, -0.1) is 0 Å². The van der Waals surface area contributed by atoms with Crippen molar-refractivity contribution in [2.45, 2.75) is 56.4 Å². The van der Waals surface area contributed by atoms with Crippen LogP contribution in [0.4, 0.5) is 0 Å². The lowest BCUT2D eigenvalue weighted by molar-refractivity contribution is -0.143. The van der Waals surface area contributed by atoms with Crippen molar-refractivity contribution in [1.82, 2.24) is 9.55 Å². The van der Waals surface area contributed by atoms with E-state index < -0.39 is 5.97 Å². The van der Waals surface area contributed by atoms with E-state index in [0.29, 0.717) is 22.0 Å². The highest BCUT2D eigenvalue weighted by Crippen LogP contribution is 2.45. The number of hydrogen-bond donors (Lipinski definition) is 1. The van der Waals surface area contributed by atoms with E-state index in [0.717, 1.165) is 47.8 Å². The summed E-state index contributed by atoms with van der Waals surface area (Å²) in [6, 6.07) is 23.0. The van der Waals surface area contributed by atoms with Gasteiger partial charge in [-0.1, -0.05) is 53.5 Å². The van der Waals surface area contributed by atoms with Gasteiger partial charge in [0.1, 0.15) is 5.82 Å². The van der Waals surface area contributed by atoms with Crippen LogP contribution in [-0.2, 0) is 4.79 Å². The van der Waals surface area contributed by atoms with E-state index in [1.54, 1.807) is 0 Å². The molecule has 2 aliphatic rings. The number of aliphatic carboxylic acids is 1. The third-order valence-corrected chi connectivity index (χ3v) is 8.34. The molecule has 0 bridgehead atoms. The zero-order chi connectivity index (χ0) is 24.8. The van der Waals surface area contributed by atoms with Crippen molar-refractivity contribution in [2.75, 3.05) is 0 Å². The highest BCUT2D eigenvalue weighted by molar-refractivity contribution is 6.30. The van der Waals surface area contributed by atoms with Crippen LogP contribution >= 0.6 is 23.2 Å². The summed E-state index contributed by atoms with van der Waals surface area (Å²) >= 11 is 12.4. The molecule has 1 aromatic heterocycles. The number of imidazole rings is 1. The summed E-state index contributed by atoms with van der Waals surface area (Å²) in [4.78, 5) is 16.6. The molecule has 2 aliphatic carbocycles. The van der Waals surface area contributed by atoms with Crippen molar-refractivity contribution in [2.24, 2.45) is 5.92 Å². The van der Waals surface area contributed by atoms with Crippen LogP contribution in [0.25, 0.3) is 11.0 Å². The first-order valence-corrected chi connectivity index (χ1v) is 13.5. The van der Waals surface area contributed by atoms with Gasteiger partial charge in [-0.3, -0.25) is 4.79 Å². The number of carboxylic acid groups (broad SMARTS) is 1. The monoisotopic (exact) mass is 518 g/mol. The number of aromatic nitrogens is 2. The Hall–Kier alpha value is -2.82. The summed E-state index contributed by atoms with van der Waals surface area (Å²) in [5, 5.41) is 10.9.